The highest BCUT2D eigenvalue weighted by Crippen LogP contribution is 2.31. The van der Waals surface area contributed by atoms with E-state index in [1.54, 1.807) is 0 Å². The van der Waals surface area contributed by atoms with Crippen LogP contribution in [0.4, 0.5) is 0 Å². The third kappa shape index (κ3) is 2.14. The van der Waals surface area contributed by atoms with Crippen LogP contribution in [0.2, 0.25) is 0 Å². The van der Waals surface area contributed by atoms with Crippen LogP contribution in [0.5, 0.6) is 5.75 Å². The van der Waals surface area contributed by atoms with Crippen LogP contribution in [0.15, 0.2) is 59.2 Å². The van der Waals surface area contributed by atoms with Gasteiger partial charge in [0.15, 0.2) is 0 Å². The summed E-state index contributed by atoms with van der Waals surface area (Å²) in [5.74, 6) is 0.901. The Balaban J connectivity index is 1.87. The van der Waals surface area contributed by atoms with Gasteiger partial charge in [0.25, 0.3) is 0 Å². The Kier molecular flexibility index (Phi) is 3.07. The number of hydrogen-bond acceptors (Lipinski definition) is 1. The number of aromatic amines is 1. The zero-order valence-electron chi connectivity index (χ0n) is 9.69. The van der Waals surface area contributed by atoms with E-state index < -0.39 is 0 Å². The number of benzene rings is 2. The maximum Gasteiger partial charge on any atom is 0.129 e. The summed E-state index contributed by atoms with van der Waals surface area (Å²) in [6.45, 7) is 0.586. The lowest BCUT2D eigenvalue weighted by Gasteiger charge is -2.08. The Labute approximate surface area is 114 Å². The van der Waals surface area contributed by atoms with Gasteiger partial charge in [-0.15, -0.1) is 0 Å². The van der Waals surface area contributed by atoms with E-state index in [9.17, 15) is 0 Å². The van der Waals surface area contributed by atoms with Gasteiger partial charge < -0.3 is 9.72 Å². The molecule has 0 bridgehead atoms. The van der Waals surface area contributed by atoms with Crippen LogP contribution >= 0.6 is 15.9 Å². The van der Waals surface area contributed by atoms with Gasteiger partial charge in [0.1, 0.15) is 12.4 Å². The molecular formula is C15H12BrNO. The van der Waals surface area contributed by atoms with Gasteiger partial charge in [-0.05, 0) is 39.7 Å². The SMILES string of the molecule is Brc1ccc(OCc2ccccc2)c2cc[nH]c12. The molecule has 0 spiro atoms. The predicted octanol–water partition coefficient (Wildman–Crippen LogP) is 4.51. The lowest BCUT2D eigenvalue weighted by atomic mass is 10.2. The van der Waals surface area contributed by atoms with Crippen LogP contribution in [0.1, 0.15) is 5.56 Å². The van der Waals surface area contributed by atoms with Crippen LogP contribution < -0.4 is 4.74 Å². The molecule has 2 aromatic carbocycles. The number of hydrogen-bond donors (Lipinski definition) is 1. The van der Waals surface area contributed by atoms with E-state index >= 15 is 0 Å². The number of H-pyrrole nitrogens is 1. The molecule has 0 aliphatic rings. The van der Waals surface area contributed by atoms with Crippen LogP contribution in [-0.4, -0.2) is 4.98 Å². The number of rotatable bonds is 3. The summed E-state index contributed by atoms with van der Waals surface area (Å²) in [4.78, 5) is 3.20. The molecule has 0 saturated carbocycles. The Bertz CT molecular complexity index is 661. The first-order valence-corrected chi connectivity index (χ1v) is 6.56. The molecule has 0 radical (unpaired) electrons. The van der Waals surface area contributed by atoms with Crippen molar-refractivity contribution in [3.8, 4) is 5.75 Å². The maximum absolute atomic E-state index is 5.88. The fourth-order valence-electron chi connectivity index (χ4n) is 1.96. The van der Waals surface area contributed by atoms with Gasteiger partial charge in [0.05, 0.1) is 5.52 Å². The number of nitrogens with one attached hydrogen (secondary N) is 1. The molecule has 0 unspecified atom stereocenters. The molecule has 0 fully saturated rings. The molecule has 0 aliphatic heterocycles. The Hall–Kier alpha value is -1.74. The van der Waals surface area contributed by atoms with Crippen molar-refractivity contribution in [2.75, 3.05) is 0 Å². The first kappa shape index (κ1) is 11.4. The van der Waals surface area contributed by atoms with Gasteiger partial charge in [-0.3, -0.25) is 0 Å². The second-order valence-electron chi connectivity index (χ2n) is 4.09. The molecule has 3 heteroatoms. The highest BCUT2D eigenvalue weighted by molar-refractivity contribution is 9.10. The fourth-order valence-corrected chi connectivity index (χ4v) is 2.42. The minimum atomic E-state index is 0.586. The van der Waals surface area contributed by atoms with Crippen LogP contribution in [0, 0.1) is 0 Å². The van der Waals surface area contributed by atoms with Gasteiger partial charge in [-0.2, -0.15) is 0 Å². The number of ether oxygens (including phenoxy) is 1. The minimum Gasteiger partial charge on any atom is -0.488 e. The molecule has 0 aliphatic carbocycles. The first-order chi connectivity index (χ1) is 8.84. The highest BCUT2D eigenvalue weighted by Gasteiger charge is 2.06. The second-order valence-corrected chi connectivity index (χ2v) is 4.94. The minimum absolute atomic E-state index is 0.586. The Morgan fingerprint density at radius 2 is 1.83 bits per heavy atom. The average molecular weight is 302 g/mol. The molecule has 18 heavy (non-hydrogen) atoms. The van der Waals surface area contributed by atoms with E-state index in [2.05, 4.69) is 33.0 Å². The lowest BCUT2D eigenvalue weighted by Crippen LogP contribution is -1.95. The van der Waals surface area contributed by atoms with Gasteiger partial charge >= 0.3 is 0 Å². The Morgan fingerprint density at radius 3 is 2.67 bits per heavy atom. The normalized spacial score (nSPS) is 10.7. The van der Waals surface area contributed by atoms with Gasteiger partial charge in [0.2, 0.25) is 0 Å². The summed E-state index contributed by atoms with van der Waals surface area (Å²) < 4.78 is 6.93. The lowest BCUT2D eigenvalue weighted by molar-refractivity contribution is 0.310. The molecule has 1 heterocycles. The summed E-state index contributed by atoms with van der Waals surface area (Å²) in [6, 6.07) is 16.2. The van der Waals surface area contributed by atoms with E-state index in [0.717, 1.165) is 21.1 Å². The molecule has 1 aromatic heterocycles. The van der Waals surface area contributed by atoms with E-state index in [1.807, 2.05) is 42.6 Å². The second kappa shape index (κ2) is 4.86. The average Bonchev–Trinajstić information content (AvgIpc) is 2.90. The molecule has 90 valence electrons. The summed E-state index contributed by atoms with van der Waals surface area (Å²) in [5.41, 5.74) is 2.24. The van der Waals surface area contributed by atoms with E-state index in [0.29, 0.717) is 6.61 Å². The quantitative estimate of drug-likeness (QED) is 0.756. The van der Waals surface area contributed by atoms with Crippen molar-refractivity contribution in [1.82, 2.24) is 4.98 Å². The van der Waals surface area contributed by atoms with Crippen LogP contribution in [0.3, 0.4) is 0 Å². The molecule has 2 nitrogen and oxygen atoms in total. The van der Waals surface area contributed by atoms with Gasteiger partial charge in [-0.1, -0.05) is 30.3 Å². The van der Waals surface area contributed by atoms with Crippen molar-refractivity contribution < 1.29 is 4.74 Å². The smallest absolute Gasteiger partial charge is 0.129 e. The molecule has 3 aromatic rings. The number of aromatic nitrogens is 1. The molecule has 0 amide bonds. The summed E-state index contributed by atoms with van der Waals surface area (Å²) in [6.07, 6.45) is 1.92. The van der Waals surface area contributed by atoms with Crippen molar-refractivity contribution in [3.63, 3.8) is 0 Å². The summed E-state index contributed by atoms with van der Waals surface area (Å²) >= 11 is 3.52. The van der Waals surface area contributed by atoms with Crippen molar-refractivity contribution >= 4 is 26.8 Å². The van der Waals surface area contributed by atoms with E-state index in [-0.39, 0.29) is 0 Å². The molecule has 0 saturated heterocycles. The predicted molar refractivity (Wildman–Crippen MR) is 76.8 cm³/mol. The maximum atomic E-state index is 5.88. The fraction of sp³-hybridized carbons (Fsp3) is 0.0667. The van der Waals surface area contributed by atoms with Crippen molar-refractivity contribution in [2.45, 2.75) is 6.61 Å². The standard InChI is InChI=1S/C15H12BrNO/c16-13-6-7-14(12-8-9-17-15(12)13)18-10-11-4-2-1-3-5-11/h1-9,17H,10H2. The molecule has 0 atom stereocenters. The van der Waals surface area contributed by atoms with Crippen LogP contribution in [-0.2, 0) is 6.61 Å². The van der Waals surface area contributed by atoms with E-state index in [4.69, 9.17) is 4.74 Å². The zero-order chi connectivity index (χ0) is 12.4. The highest BCUT2D eigenvalue weighted by atomic mass is 79.9. The molecule has 3 rings (SSSR count). The van der Waals surface area contributed by atoms with Gasteiger partial charge in [0, 0.05) is 16.1 Å². The van der Waals surface area contributed by atoms with Crippen molar-refractivity contribution in [1.29, 1.82) is 0 Å². The summed E-state index contributed by atoms with van der Waals surface area (Å²) in [7, 11) is 0. The number of fused-ring (bicyclic) bond motifs is 1. The Morgan fingerprint density at radius 1 is 1.00 bits per heavy atom. The van der Waals surface area contributed by atoms with Crippen molar-refractivity contribution in [3.05, 3.63) is 64.8 Å². The van der Waals surface area contributed by atoms with Gasteiger partial charge in [-0.25, -0.2) is 0 Å². The van der Waals surface area contributed by atoms with Crippen molar-refractivity contribution in [2.24, 2.45) is 0 Å². The monoisotopic (exact) mass is 301 g/mol. The topological polar surface area (TPSA) is 25.0 Å². The third-order valence-corrected chi connectivity index (χ3v) is 3.53. The van der Waals surface area contributed by atoms with Crippen LogP contribution in [0.25, 0.3) is 10.9 Å². The zero-order valence-corrected chi connectivity index (χ0v) is 11.3. The summed E-state index contributed by atoms with van der Waals surface area (Å²) in [5, 5.41) is 1.10. The largest absolute Gasteiger partial charge is 0.488 e. The first-order valence-electron chi connectivity index (χ1n) is 5.77. The number of halogens is 1. The third-order valence-electron chi connectivity index (χ3n) is 2.87. The molecular weight excluding hydrogens is 290 g/mol. The van der Waals surface area contributed by atoms with E-state index in [1.165, 1.54) is 5.56 Å². The molecule has 1 N–H and O–H groups in total.